The molecule has 3 amide bonds. The Morgan fingerprint density at radius 2 is 1.61 bits per heavy atom. The van der Waals surface area contributed by atoms with Crippen LogP contribution in [0.5, 0.6) is 5.75 Å². The Morgan fingerprint density at radius 1 is 1.00 bits per heavy atom. The van der Waals surface area contributed by atoms with Crippen LogP contribution in [-0.4, -0.2) is 36.2 Å². The van der Waals surface area contributed by atoms with Gasteiger partial charge >= 0.3 is 12.2 Å². The van der Waals surface area contributed by atoms with Crippen molar-refractivity contribution in [2.24, 2.45) is 0 Å². The highest BCUT2D eigenvalue weighted by Gasteiger charge is 2.68. The van der Waals surface area contributed by atoms with Crippen molar-refractivity contribution < 1.29 is 27.5 Å². The number of para-hydroxylation sites is 1. The lowest BCUT2D eigenvalue weighted by atomic mass is 9.89. The van der Waals surface area contributed by atoms with Crippen LogP contribution in [0.3, 0.4) is 0 Å². The molecule has 1 saturated heterocycles. The van der Waals surface area contributed by atoms with E-state index in [2.05, 4.69) is 0 Å². The number of hydrogen-bond acceptors (Lipinski definition) is 3. The lowest BCUT2D eigenvalue weighted by Crippen LogP contribution is -2.55. The molecule has 0 aliphatic carbocycles. The minimum absolute atomic E-state index is 0.117. The van der Waals surface area contributed by atoms with Gasteiger partial charge in [-0.1, -0.05) is 48.5 Å². The Balaban J connectivity index is 1.82. The fourth-order valence-electron chi connectivity index (χ4n) is 3.28. The van der Waals surface area contributed by atoms with Gasteiger partial charge in [-0.2, -0.15) is 13.2 Å². The molecule has 1 unspecified atom stereocenters. The summed E-state index contributed by atoms with van der Waals surface area (Å²) in [5.41, 5.74) is -1.72. The van der Waals surface area contributed by atoms with E-state index < -0.39 is 23.7 Å². The molecule has 2 aromatic rings. The third kappa shape index (κ3) is 3.19. The predicted octanol–water partition coefficient (Wildman–Crippen LogP) is 3.69. The number of ether oxygens (including phenoxy) is 1. The average Bonchev–Trinajstić information content (AvgIpc) is 2.90. The number of imide groups is 1. The Morgan fingerprint density at radius 3 is 2.18 bits per heavy atom. The lowest BCUT2D eigenvalue weighted by Gasteiger charge is -2.29. The van der Waals surface area contributed by atoms with Gasteiger partial charge in [0.15, 0.2) is 0 Å². The molecule has 1 heterocycles. The van der Waals surface area contributed by atoms with Crippen molar-refractivity contribution in [3.63, 3.8) is 0 Å². The molecular formula is C20H19F3N2O3. The third-order valence-electron chi connectivity index (χ3n) is 4.71. The van der Waals surface area contributed by atoms with E-state index >= 15 is 0 Å². The van der Waals surface area contributed by atoms with Crippen molar-refractivity contribution in [2.45, 2.75) is 25.6 Å². The van der Waals surface area contributed by atoms with E-state index in [4.69, 9.17) is 4.74 Å². The van der Waals surface area contributed by atoms with E-state index in [1.165, 1.54) is 30.3 Å². The van der Waals surface area contributed by atoms with Gasteiger partial charge in [-0.15, -0.1) is 0 Å². The molecule has 8 heteroatoms. The number of nitrogens with one attached hydrogen (secondary N) is 1. The smallest absolute Gasteiger partial charge is 0.425 e. The summed E-state index contributed by atoms with van der Waals surface area (Å²) in [5.74, 6) is -0.777. The van der Waals surface area contributed by atoms with Gasteiger partial charge in [-0.3, -0.25) is 9.69 Å². The first-order valence-electron chi connectivity index (χ1n) is 8.64. The van der Waals surface area contributed by atoms with Crippen LogP contribution >= 0.6 is 0 Å². The molecule has 0 saturated carbocycles. The number of aryl methyl sites for hydroxylation is 2. The molecule has 3 rings (SSSR count). The summed E-state index contributed by atoms with van der Waals surface area (Å²) < 4.78 is 47.3. The van der Waals surface area contributed by atoms with Gasteiger partial charge in [0.05, 0.1) is 6.54 Å². The summed E-state index contributed by atoms with van der Waals surface area (Å²) >= 11 is 0. The van der Waals surface area contributed by atoms with E-state index in [0.717, 1.165) is 11.1 Å². The van der Waals surface area contributed by atoms with E-state index in [-0.39, 0.29) is 18.7 Å². The number of carbonyl (C=O) groups is 2. The van der Waals surface area contributed by atoms with E-state index in [1.54, 1.807) is 0 Å². The molecule has 1 N–H and O–H groups in total. The van der Waals surface area contributed by atoms with E-state index in [9.17, 15) is 22.8 Å². The molecule has 0 aromatic heterocycles. The first-order chi connectivity index (χ1) is 13.2. The van der Waals surface area contributed by atoms with Crippen molar-refractivity contribution in [1.29, 1.82) is 0 Å². The van der Waals surface area contributed by atoms with Gasteiger partial charge in [0, 0.05) is 0 Å². The van der Waals surface area contributed by atoms with Gasteiger partial charge in [-0.05, 0) is 30.5 Å². The normalized spacial score (nSPS) is 19.7. The SMILES string of the molecule is Cc1cccc(C)c1OCCN1C(=O)NC(c2ccccc2)(C(F)(F)F)C1=O. The first kappa shape index (κ1) is 19.7. The Kier molecular flexibility index (Phi) is 5.06. The molecule has 5 nitrogen and oxygen atoms in total. The number of carbonyl (C=O) groups excluding carboxylic acids is 2. The van der Waals surface area contributed by atoms with Gasteiger partial charge in [0.25, 0.3) is 5.91 Å². The van der Waals surface area contributed by atoms with Gasteiger partial charge < -0.3 is 10.1 Å². The van der Waals surface area contributed by atoms with Gasteiger partial charge in [0.1, 0.15) is 12.4 Å². The van der Waals surface area contributed by atoms with Crippen LogP contribution in [0.15, 0.2) is 48.5 Å². The number of nitrogens with zero attached hydrogens (tertiary/aromatic N) is 1. The number of hydrogen-bond donors (Lipinski definition) is 1. The highest BCUT2D eigenvalue weighted by molar-refractivity contribution is 6.08. The molecule has 28 heavy (non-hydrogen) atoms. The summed E-state index contributed by atoms with van der Waals surface area (Å²) in [6.07, 6.45) is -5.00. The number of halogens is 3. The summed E-state index contributed by atoms with van der Waals surface area (Å²) in [7, 11) is 0. The zero-order valence-corrected chi connectivity index (χ0v) is 15.3. The number of alkyl halides is 3. The summed E-state index contributed by atoms with van der Waals surface area (Å²) in [5, 5.41) is 1.85. The molecule has 0 radical (unpaired) electrons. The van der Waals surface area contributed by atoms with Crippen molar-refractivity contribution in [3.8, 4) is 5.75 Å². The first-order valence-corrected chi connectivity index (χ1v) is 8.64. The predicted molar refractivity (Wildman–Crippen MR) is 95.8 cm³/mol. The number of amides is 3. The topological polar surface area (TPSA) is 58.6 Å². The van der Waals surface area contributed by atoms with Crippen LogP contribution in [0.4, 0.5) is 18.0 Å². The summed E-state index contributed by atoms with van der Waals surface area (Å²) in [6.45, 7) is 3.25. The quantitative estimate of drug-likeness (QED) is 0.790. The highest BCUT2D eigenvalue weighted by Crippen LogP contribution is 2.43. The molecule has 1 aliphatic rings. The standard InChI is InChI=1S/C20H19F3N2O3/c1-13-7-6-8-14(2)16(13)28-12-11-25-17(26)19(20(21,22)23,24-18(25)27)15-9-4-3-5-10-15/h3-10H,11-12H2,1-2H3,(H,24,27). The van der Waals surface area contributed by atoms with Crippen molar-refractivity contribution in [3.05, 3.63) is 65.2 Å². The minimum atomic E-state index is -5.00. The highest BCUT2D eigenvalue weighted by atomic mass is 19.4. The maximum absolute atomic E-state index is 13.9. The van der Waals surface area contributed by atoms with E-state index in [1.807, 2.05) is 37.4 Å². The molecular weight excluding hydrogens is 373 g/mol. The van der Waals surface area contributed by atoms with Crippen LogP contribution in [0, 0.1) is 13.8 Å². The van der Waals surface area contributed by atoms with Crippen LogP contribution in [0.1, 0.15) is 16.7 Å². The zero-order valence-electron chi connectivity index (χ0n) is 15.3. The number of urea groups is 1. The summed E-state index contributed by atoms with van der Waals surface area (Å²) in [4.78, 5) is 25.5. The van der Waals surface area contributed by atoms with Gasteiger partial charge in [0.2, 0.25) is 5.54 Å². The zero-order chi connectivity index (χ0) is 20.5. The fourth-order valence-corrected chi connectivity index (χ4v) is 3.28. The molecule has 1 aliphatic heterocycles. The largest absolute Gasteiger partial charge is 0.491 e. The number of rotatable bonds is 5. The Hall–Kier alpha value is -3.03. The maximum Gasteiger partial charge on any atom is 0.425 e. The minimum Gasteiger partial charge on any atom is -0.491 e. The second-order valence-electron chi connectivity index (χ2n) is 6.57. The van der Waals surface area contributed by atoms with Crippen LogP contribution in [-0.2, 0) is 10.3 Å². The average molecular weight is 392 g/mol. The maximum atomic E-state index is 13.9. The molecule has 0 spiro atoms. The van der Waals surface area contributed by atoms with Crippen molar-refractivity contribution in [2.75, 3.05) is 13.2 Å². The van der Waals surface area contributed by atoms with Crippen LogP contribution < -0.4 is 10.1 Å². The molecule has 1 fully saturated rings. The lowest BCUT2D eigenvalue weighted by molar-refractivity contribution is -0.198. The summed E-state index contributed by atoms with van der Waals surface area (Å²) in [6, 6.07) is 11.1. The molecule has 1 atom stereocenters. The monoisotopic (exact) mass is 392 g/mol. The Labute approximate surface area is 160 Å². The fraction of sp³-hybridized carbons (Fsp3) is 0.300. The molecule has 2 aromatic carbocycles. The van der Waals surface area contributed by atoms with Crippen molar-refractivity contribution in [1.82, 2.24) is 10.2 Å². The van der Waals surface area contributed by atoms with Crippen LogP contribution in [0.2, 0.25) is 0 Å². The Bertz CT molecular complexity index is 879. The third-order valence-corrected chi connectivity index (χ3v) is 4.71. The molecule has 0 bridgehead atoms. The van der Waals surface area contributed by atoms with Gasteiger partial charge in [-0.25, -0.2) is 4.79 Å². The molecule has 148 valence electrons. The number of benzene rings is 2. The second-order valence-corrected chi connectivity index (χ2v) is 6.57. The second kappa shape index (κ2) is 7.18. The van der Waals surface area contributed by atoms with Crippen LogP contribution in [0.25, 0.3) is 0 Å². The van der Waals surface area contributed by atoms with Crippen molar-refractivity contribution >= 4 is 11.9 Å². The van der Waals surface area contributed by atoms with E-state index in [0.29, 0.717) is 10.6 Å².